The standard InChI is InChI=1S/C25H30N8O4S.ClH/c1-4-37-23(34)11-12-33(20-13-29-32-16(20)3)38(35,36)21-10-9-19-24(15(21)2)31-22(30-19)14-28-18-7-5-17(6-8-18)25(26)27;/h5-10,13,28H,4,11-12,14H2,1-3H3,(H3,26,27)(H,29,32)(H,30,31);1H. The molecule has 0 aliphatic carbocycles. The molecule has 0 aliphatic heterocycles. The van der Waals surface area contributed by atoms with Gasteiger partial charge >= 0.3 is 5.97 Å². The molecule has 0 fully saturated rings. The molecule has 0 amide bonds. The Labute approximate surface area is 232 Å². The first-order valence-electron chi connectivity index (χ1n) is 12.0. The summed E-state index contributed by atoms with van der Waals surface area (Å²) in [6, 6.07) is 10.4. The van der Waals surface area contributed by atoms with Crippen LogP contribution in [-0.2, 0) is 26.1 Å². The number of aromatic amines is 2. The average Bonchev–Trinajstić information content (AvgIpc) is 3.49. The van der Waals surface area contributed by atoms with Crippen molar-refractivity contribution >= 4 is 56.6 Å². The second kappa shape index (κ2) is 12.2. The summed E-state index contributed by atoms with van der Waals surface area (Å²) in [5.74, 6) is 0.136. The summed E-state index contributed by atoms with van der Waals surface area (Å²) in [7, 11) is -4.07. The molecular formula is C25H31ClN8O4S. The molecule has 0 unspecified atom stereocenters. The van der Waals surface area contributed by atoms with E-state index in [9.17, 15) is 13.2 Å². The first-order valence-corrected chi connectivity index (χ1v) is 13.4. The van der Waals surface area contributed by atoms with Crippen LogP contribution in [0.2, 0.25) is 0 Å². The fraction of sp³-hybridized carbons (Fsp3) is 0.280. The summed E-state index contributed by atoms with van der Waals surface area (Å²) >= 11 is 0. The Bertz CT molecular complexity index is 1580. The highest BCUT2D eigenvalue weighted by Crippen LogP contribution is 2.30. The van der Waals surface area contributed by atoms with Gasteiger partial charge in [0.05, 0.1) is 53.1 Å². The number of carbonyl (C=O) groups is 1. The number of nitrogens with two attached hydrogens (primary N) is 1. The van der Waals surface area contributed by atoms with Gasteiger partial charge < -0.3 is 20.8 Å². The number of amidine groups is 1. The number of carbonyl (C=O) groups excluding carboxylic acids is 1. The van der Waals surface area contributed by atoms with Gasteiger partial charge in [0, 0.05) is 17.8 Å². The molecule has 0 radical (unpaired) electrons. The minimum absolute atomic E-state index is 0. The number of rotatable bonds is 11. The predicted molar refractivity (Wildman–Crippen MR) is 152 cm³/mol. The highest BCUT2D eigenvalue weighted by atomic mass is 35.5. The molecule has 6 N–H and O–H groups in total. The molecule has 2 aromatic carbocycles. The molecule has 0 atom stereocenters. The second-order valence-corrected chi connectivity index (χ2v) is 10.5. The van der Waals surface area contributed by atoms with Crippen molar-refractivity contribution in [2.45, 2.75) is 38.6 Å². The number of nitrogens with zero attached hydrogens (tertiary/aromatic N) is 3. The zero-order valence-corrected chi connectivity index (χ0v) is 23.4. The molecule has 2 heterocycles. The van der Waals surface area contributed by atoms with E-state index in [2.05, 4.69) is 25.5 Å². The number of sulfonamides is 1. The summed E-state index contributed by atoms with van der Waals surface area (Å²) in [6.45, 7) is 5.60. The van der Waals surface area contributed by atoms with E-state index in [1.54, 1.807) is 39.0 Å². The van der Waals surface area contributed by atoms with Crippen LogP contribution in [0.1, 0.15) is 36.0 Å². The predicted octanol–water partition coefficient (Wildman–Crippen LogP) is 3.37. The molecule has 12 nitrogen and oxygen atoms in total. The topological polar surface area (TPSA) is 183 Å². The highest BCUT2D eigenvalue weighted by Gasteiger charge is 2.30. The molecule has 0 spiro atoms. The number of nitrogen functional groups attached to an aromatic ring is 1. The number of hydrogen-bond donors (Lipinski definition) is 5. The van der Waals surface area contributed by atoms with Crippen molar-refractivity contribution < 1.29 is 17.9 Å². The van der Waals surface area contributed by atoms with Gasteiger partial charge in [-0.3, -0.25) is 19.6 Å². The lowest BCUT2D eigenvalue weighted by Gasteiger charge is -2.24. The molecule has 4 rings (SSSR count). The summed E-state index contributed by atoms with van der Waals surface area (Å²) < 4.78 is 33.9. The van der Waals surface area contributed by atoms with Crippen molar-refractivity contribution in [3.8, 4) is 0 Å². The summed E-state index contributed by atoms with van der Waals surface area (Å²) in [5, 5.41) is 17.5. The van der Waals surface area contributed by atoms with Crippen LogP contribution in [0, 0.1) is 19.3 Å². The number of anilines is 2. The minimum Gasteiger partial charge on any atom is -0.466 e. The third kappa shape index (κ3) is 6.32. The Morgan fingerprint density at radius 3 is 2.51 bits per heavy atom. The van der Waals surface area contributed by atoms with Crippen LogP contribution in [0.25, 0.3) is 11.0 Å². The number of benzene rings is 2. The fourth-order valence-corrected chi connectivity index (χ4v) is 5.81. The van der Waals surface area contributed by atoms with Gasteiger partial charge in [-0.15, -0.1) is 12.4 Å². The lowest BCUT2D eigenvalue weighted by molar-refractivity contribution is -0.142. The zero-order valence-electron chi connectivity index (χ0n) is 21.7. The number of nitrogens with one attached hydrogen (secondary N) is 4. The molecule has 0 bridgehead atoms. The lowest BCUT2D eigenvalue weighted by Crippen LogP contribution is -2.34. The Morgan fingerprint density at radius 1 is 1.18 bits per heavy atom. The minimum atomic E-state index is -4.07. The Morgan fingerprint density at radius 2 is 1.90 bits per heavy atom. The summed E-state index contributed by atoms with van der Waals surface area (Å²) in [4.78, 5) is 20.0. The first-order chi connectivity index (χ1) is 18.1. The van der Waals surface area contributed by atoms with Crippen molar-refractivity contribution in [1.29, 1.82) is 5.41 Å². The number of fused-ring (bicyclic) bond motifs is 1. The molecule has 4 aromatic rings. The molecule has 2 aromatic heterocycles. The number of esters is 1. The maximum absolute atomic E-state index is 13.9. The number of imidazole rings is 1. The first kappa shape index (κ1) is 29.5. The molecular weight excluding hydrogens is 544 g/mol. The Kier molecular flexibility index (Phi) is 9.20. The van der Waals surface area contributed by atoms with E-state index in [0.717, 1.165) is 5.69 Å². The van der Waals surface area contributed by atoms with E-state index in [1.165, 1.54) is 16.6 Å². The molecule has 39 heavy (non-hydrogen) atoms. The van der Waals surface area contributed by atoms with Crippen molar-refractivity contribution in [2.75, 3.05) is 22.8 Å². The van der Waals surface area contributed by atoms with E-state index >= 15 is 0 Å². The number of H-pyrrole nitrogens is 2. The third-order valence-electron chi connectivity index (χ3n) is 6.03. The monoisotopic (exact) mass is 574 g/mol. The molecule has 0 aliphatic rings. The fourth-order valence-electron chi connectivity index (χ4n) is 4.07. The normalized spacial score (nSPS) is 11.2. The zero-order chi connectivity index (χ0) is 27.4. The Balaban J connectivity index is 0.00000420. The SMILES string of the molecule is CCOC(=O)CCN(c1cn[nH]c1C)S(=O)(=O)c1ccc2[nH]c(CNc3ccc(C(=N)N)cc3)nc2c1C.Cl. The number of aryl methyl sites for hydroxylation is 2. The van der Waals surface area contributed by atoms with E-state index in [4.69, 9.17) is 15.9 Å². The van der Waals surface area contributed by atoms with Crippen molar-refractivity contribution in [2.24, 2.45) is 5.73 Å². The van der Waals surface area contributed by atoms with Crippen LogP contribution in [0.3, 0.4) is 0 Å². The number of ether oxygens (including phenoxy) is 1. The van der Waals surface area contributed by atoms with Crippen LogP contribution in [-0.4, -0.2) is 53.5 Å². The van der Waals surface area contributed by atoms with Crippen LogP contribution in [0.4, 0.5) is 11.4 Å². The van der Waals surface area contributed by atoms with Crippen LogP contribution in [0.15, 0.2) is 47.5 Å². The van der Waals surface area contributed by atoms with E-state index < -0.39 is 16.0 Å². The Hall–Kier alpha value is -4.10. The number of hydrogen-bond acceptors (Lipinski definition) is 8. The molecule has 14 heteroatoms. The van der Waals surface area contributed by atoms with E-state index in [1.807, 2.05) is 12.1 Å². The molecule has 0 saturated carbocycles. The van der Waals surface area contributed by atoms with Gasteiger partial charge in [-0.2, -0.15) is 5.10 Å². The summed E-state index contributed by atoms with van der Waals surface area (Å²) in [5.41, 5.74) is 9.58. The van der Waals surface area contributed by atoms with Crippen LogP contribution in [0.5, 0.6) is 0 Å². The van der Waals surface area contributed by atoms with Crippen molar-refractivity contribution in [1.82, 2.24) is 20.2 Å². The van der Waals surface area contributed by atoms with Gasteiger partial charge in [0.25, 0.3) is 10.0 Å². The van der Waals surface area contributed by atoms with Crippen LogP contribution >= 0.6 is 12.4 Å². The number of aromatic nitrogens is 4. The largest absolute Gasteiger partial charge is 0.466 e. The average molecular weight is 575 g/mol. The van der Waals surface area contributed by atoms with Crippen molar-refractivity contribution in [3.63, 3.8) is 0 Å². The third-order valence-corrected chi connectivity index (χ3v) is 7.98. The van der Waals surface area contributed by atoms with Gasteiger partial charge in [0.2, 0.25) is 0 Å². The van der Waals surface area contributed by atoms with Gasteiger partial charge in [-0.05, 0) is 62.7 Å². The maximum Gasteiger partial charge on any atom is 0.307 e. The quantitative estimate of drug-likeness (QED) is 0.103. The van der Waals surface area contributed by atoms with Gasteiger partial charge in [-0.1, -0.05) is 0 Å². The van der Waals surface area contributed by atoms with Gasteiger partial charge in [0.1, 0.15) is 11.7 Å². The van der Waals surface area contributed by atoms with Crippen molar-refractivity contribution in [3.05, 3.63) is 65.2 Å². The smallest absolute Gasteiger partial charge is 0.307 e. The van der Waals surface area contributed by atoms with E-state index in [0.29, 0.717) is 45.9 Å². The van der Waals surface area contributed by atoms with Gasteiger partial charge in [0.15, 0.2) is 0 Å². The lowest BCUT2D eigenvalue weighted by atomic mass is 10.2. The van der Waals surface area contributed by atoms with E-state index in [-0.39, 0.29) is 42.7 Å². The van der Waals surface area contributed by atoms with Crippen LogP contribution < -0.4 is 15.4 Å². The summed E-state index contributed by atoms with van der Waals surface area (Å²) in [6.07, 6.45) is 1.32. The molecule has 208 valence electrons. The second-order valence-electron chi connectivity index (χ2n) is 8.63. The molecule has 0 saturated heterocycles. The number of halogens is 1. The van der Waals surface area contributed by atoms with Gasteiger partial charge in [-0.25, -0.2) is 13.4 Å². The highest BCUT2D eigenvalue weighted by molar-refractivity contribution is 7.92. The maximum atomic E-state index is 13.9.